The van der Waals surface area contributed by atoms with E-state index < -0.39 is 6.17 Å². The fourth-order valence-electron chi connectivity index (χ4n) is 1.01. The molecule has 1 aromatic rings. The molecule has 0 saturated heterocycles. The smallest absolute Gasteiger partial charge is 0.117 e. The van der Waals surface area contributed by atoms with Gasteiger partial charge in [0.1, 0.15) is 6.17 Å². The second kappa shape index (κ2) is 4.15. The van der Waals surface area contributed by atoms with Gasteiger partial charge in [-0.25, -0.2) is 9.07 Å². The van der Waals surface area contributed by atoms with Crippen molar-refractivity contribution in [3.8, 4) is 0 Å². The SMILES string of the molecule is CC(F)Cn1nncc1CCN. The lowest BCUT2D eigenvalue weighted by atomic mass is 10.3. The Hall–Kier alpha value is -0.970. The lowest BCUT2D eigenvalue weighted by Gasteiger charge is -2.04. The van der Waals surface area contributed by atoms with E-state index in [1.54, 1.807) is 10.9 Å². The van der Waals surface area contributed by atoms with Crippen LogP contribution in [0.2, 0.25) is 0 Å². The Morgan fingerprint density at radius 2 is 2.50 bits per heavy atom. The van der Waals surface area contributed by atoms with Crippen molar-refractivity contribution in [3.63, 3.8) is 0 Å². The summed E-state index contributed by atoms with van der Waals surface area (Å²) in [5.41, 5.74) is 6.25. The molecule has 0 aromatic carbocycles. The molecule has 1 atom stereocenters. The standard InChI is InChI=1S/C7H13FN4/c1-6(8)5-12-7(2-3-9)4-10-11-12/h4,6H,2-3,5,9H2,1H3. The van der Waals surface area contributed by atoms with Crippen molar-refractivity contribution in [1.29, 1.82) is 0 Å². The van der Waals surface area contributed by atoms with Gasteiger partial charge in [-0.05, 0) is 13.5 Å². The van der Waals surface area contributed by atoms with Crippen molar-refractivity contribution in [1.82, 2.24) is 15.0 Å². The third-order valence-corrected chi connectivity index (χ3v) is 1.52. The first kappa shape index (κ1) is 9.12. The maximum atomic E-state index is 12.6. The molecule has 68 valence electrons. The number of hydrogen-bond donors (Lipinski definition) is 1. The maximum absolute atomic E-state index is 12.6. The number of alkyl halides is 1. The van der Waals surface area contributed by atoms with E-state index in [-0.39, 0.29) is 6.54 Å². The van der Waals surface area contributed by atoms with Gasteiger partial charge in [0, 0.05) is 6.42 Å². The quantitative estimate of drug-likeness (QED) is 0.702. The van der Waals surface area contributed by atoms with E-state index in [2.05, 4.69) is 10.3 Å². The molecular formula is C7H13FN4. The molecule has 1 rings (SSSR count). The van der Waals surface area contributed by atoms with Crippen LogP contribution in [0.3, 0.4) is 0 Å². The molecule has 0 radical (unpaired) electrons. The van der Waals surface area contributed by atoms with Gasteiger partial charge in [0.2, 0.25) is 0 Å². The van der Waals surface area contributed by atoms with E-state index in [4.69, 9.17) is 5.73 Å². The highest BCUT2D eigenvalue weighted by atomic mass is 19.1. The summed E-state index contributed by atoms with van der Waals surface area (Å²) in [5, 5.41) is 7.43. The minimum absolute atomic E-state index is 0.259. The highest BCUT2D eigenvalue weighted by Crippen LogP contribution is 2.00. The molecule has 0 aliphatic heterocycles. The van der Waals surface area contributed by atoms with Crippen LogP contribution in [0, 0.1) is 0 Å². The minimum atomic E-state index is -0.900. The Bertz CT molecular complexity index is 233. The summed E-state index contributed by atoms with van der Waals surface area (Å²) in [6.45, 7) is 2.29. The molecule has 0 aliphatic carbocycles. The van der Waals surface area contributed by atoms with Crippen LogP contribution in [0.1, 0.15) is 12.6 Å². The molecule has 0 fully saturated rings. The van der Waals surface area contributed by atoms with Crippen LogP contribution in [-0.2, 0) is 13.0 Å². The first-order valence-electron chi connectivity index (χ1n) is 3.95. The summed E-state index contributed by atoms with van der Waals surface area (Å²) in [7, 11) is 0. The fourth-order valence-corrected chi connectivity index (χ4v) is 1.01. The van der Waals surface area contributed by atoms with E-state index in [1.807, 2.05) is 0 Å². The van der Waals surface area contributed by atoms with Crippen molar-refractivity contribution >= 4 is 0 Å². The normalized spacial score (nSPS) is 13.2. The zero-order valence-corrected chi connectivity index (χ0v) is 7.07. The molecule has 12 heavy (non-hydrogen) atoms. The number of hydrogen-bond acceptors (Lipinski definition) is 3. The number of aromatic nitrogens is 3. The third-order valence-electron chi connectivity index (χ3n) is 1.52. The molecule has 0 spiro atoms. The van der Waals surface area contributed by atoms with Crippen molar-refractivity contribution in [3.05, 3.63) is 11.9 Å². The monoisotopic (exact) mass is 172 g/mol. The van der Waals surface area contributed by atoms with Gasteiger partial charge in [-0.1, -0.05) is 5.21 Å². The molecule has 0 saturated carbocycles. The molecule has 2 N–H and O–H groups in total. The Balaban J connectivity index is 2.63. The molecule has 4 nitrogen and oxygen atoms in total. The van der Waals surface area contributed by atoms with Crippen LogP contribution in [0.15, 0.2) is 6.20 Å². The Kier molecular flexibility index (Phi) is 3.16. The second-order valence-corrected chi connectivity index (χ2v) is 2.73. The summed E-state index contributed by atoms with van der Waals surface area (Å²) < 4.78 is 14.1. The molecule has 0 aliphatic rings. The zero-order valence-electron chi connectivity index (χ0n) is 7.07. The topological polar surface area (TPSA) is 56.7 Å². The molecule has 1 heterocycles. The van der Waals surface area contributed by atoms with Gasteiger partial charge in [0.05, 0.1) is 18.4 Å². The average molecular weight is 172 g/mol. The Morgan fingerprint density at radius 1 is 1.75 bits per heavy atom. The van der Waals surface area contributed by atoms with Crippen LogP contribution in [0.4, 0.5) is 4.39 Å². The predicted octanol–water partition coefficient (Wildman–Crippen LogP) is 0.137. The Labute approximate surface area is 70.6 Å². The van der Waals surface area contributed by atoms with E-state index >= 15 is 0 Å². The van der Waals surface area contributed by atoms with Crippen LogP contribution in [0.5, 0.6) is 0 Å². The van der Waals surface area contributed by atoms with Gasteiger partial charge in [-0.2, -0.15) is 0 Å². The summed E-state index contributed by atoms with van der Waals surface area (Å²) >= 11 is 0. The van der Waals surface area contributed by atoms with E-state index in [1.165, 1.54) is 6.92 Å². The van der Waals surface area contributed by atoms with Gasteiger partial charge in [0.25, 0.3) is 0 Å². The maximum Gasteiger partial charge on any atom is 0.117 e. The first-order chi connectivity index (χ1) is 5.74. The lowest BCUT2D eigenvalue weighted by molar-refractivity contribution is 0.303. The summed E-state index contributed by atoms with van der Waals surface area (Å²) in [5.74, 6) is 0. The molecule has 1 aromatic heterocycles. The second-order valence-electron chi connectivity index (χ2n) is 2.73. The summed E-state index contributed by atoms with van der Waals surface area (Å²) in [6.07, 6.45) is 1.41. The van der Waals surface area contributed by atoms with Gasteiger partial charge < -0.3 is 5.73 Å². The van der Waals surface area contributed by atoms with Crippen LogP contribution < -0.4 is 5.73 Å². The number of rotatable bonds is 4. The number of nitrogens with zero attached hydrogens (tertiary/aromatic N) is 3. The lowest BCUT2D eigenvalue weighted by Crippen LogP contribution is -2.14. The van der Waals surface area contributed by atoms with Gasteiger partial charge in [-0.15, -0.1) is 5.10 Å². The van der Waals surface area contributed by atoms with Crippen molar-refractivity contribution in [2.75, 3.05) is 6.54 Å². The highest BCUT2D eigenvalue weighted by molar-refractivity contribution is 4.94. The van der Waals surface area contributed by atoms with E-state index in [0.717, 1.165) is 5.69 Å². The van der Waals surface area contributed by atoms with Gasteiger partial charge >= 0.3 is 0 Å². The zero-order chi connectivity index (χ0) is 8.97. The van der Waals surface area contributed by atoms with Gasteiger partial charge in [-0.3, -0.25) is 0 Å². The van der Waals surface area contributed by atoms with Crippen molar-refractivity contribution < 1.29 is 4.39 Å². The van der Waals surface area contributed by atoms with Gasteiger partial charge in [0.15, 0.2) is 0 Å². The molecular weight excluding hydrogens is 159 g/mol. The number of nitrogens with two attached hydrogens (primary N) is 1. The van der Waals surface area contributed by atoms with Crippen LogP contribution in [0.25, 0.3) is 0 Å². The van der Waals surface area contributed by atoms with Crippen molar-refractivity contribution in [2.24, 2.45) is 5.73 Å². The van der Waals surface area contributed by atoms with Crippen LogP contribution in [-0.4, -0.2) is 27.7 Å². The average Bonchev–Trinajstić information content (AvgIpc) is 2.37. The minimum Gasteiger partial charge on any atom is -0.330 e. The predicted molar refractivity (Wildman–Crippen MR) is 43.4 cm³/mol. The van der Waals surface area contributed by atoms with E-state index in [0.29, 0.717) is 13.0 Å². The third kappa shape index (κ3) is 2.27. The van der Waals surface area contributed by atoms with Crippen LogP contribution >= 0.6 is 0 Å². The fraction of sp³-hybridized carbons (Fsp3) is 0.714. The summed E-state index contributed by atoms with van der Waals surface area (Å²) in [6, 6.07) is 0. The molecule has 0 bridgehead atoms. The first-order valence-corrected chi connectivity index (χ1v) is 3.95. The largest absolute Gasteiger partial charge is 0.330 e. The number of halogens is 1. The van der Waals surface area contributed by atoms with E-state index in [9.17, 15) is 4.39 Å². The highest BCUT2D eigenvalue weighted by Gasteiger charge is 2.05. The molecule has 1 unspecified atom stereocenters. The summed E-state index contributed by atoms with van der Waals surface area (Å²) in [4.78, 5) is 0. The molecule has 0 amide bonds. The molecule has 5 heteroatoms. The van der Waals surface area contributed by atoms with Crippen molar-refractivity contribution in [2.45, 2.75) is 26.1 Å². The Morgan fingerprint density at radius 3 is 3.08 bits per heavy atom.